The van der Waals surface area contributed by atoms with Gasteiger partial charge in [-0.2, -0.15) is 0 Å². The van der Waals surface area contributed by atoms with Gasteiger partial charge in [-0.25, -0.2) is 8.42 Å². The maximum atomic E-state index is 12.0. The second kappa shape index (κ2) is 5.07. The van der Waals surface area contributed by atoms with Crippen molar-refractivity contribution in [2.24, 2.45) is 0 Å². The molecule has 2 N–H and O–H groups in total. The number of sulfone groups is 1. The van der Waals surface area contributed by atoms with Crippen molar-refractivity contribution in [2.75, 3.05) is 19.1 Å². The van der Waals surface area contributed by atoms with Crippen LogP contribution in [0.1, 0.15) is 19.6 Å². The normalized spacial score (nSPS) is 12.4. The second-order valence-electron chi connectivity index (χ2n) is 5.25. The number of nitrogens with zero attached hydrogens (tertiary/aromatic N) is 1. The Balaban J connectivity index is 2.76. The van der Waals surface area contributed by atoms with E-state index in [-0.39, 0.29) is 11.6 Å². The van der Waals surface area contributed by atoms with Crippen LogP contribution < -0.4 is 10.5 Å². The zero-order chi connectivity index (χ0) is 15.8. The number of ether oxygens (including phenoxy) is 1. The summed E-state index contributed by atoms with van der Waals surface area (Å²) in [6.45, 7) is 3.11. The summed E-state index contributed by atoms with van der Waals surface area (Å²) in [5, 5.41) is 3.73. The van der Waals surface area contributed by atoms with Crippen LogP contribution in [-0.2, 0) is 14.6 Å². The SMILES string of the molecule is COc1ccccc1-c1c(N)noc1C(C)(C)S(C)(=O)=O. The fourth-order valence-corrected chi connectivity index (χ4v) is 2.47. The van der Waals surface area contributed by atoms with Gasteiger partial charge < -0.3 is 15.0 Å². The molecular weight excluding hydrogens is 292 g/mol. The highest BCUT2D eigenvalue weighted by molar-refractivity contribution is 7.91. The van der Waals surface area contributed by atoms with E-state index in [1.54, 1.807) is 26.0 Å². The number of nitrogen functional groups attached to an aromatic ring is 1. The quantitative estimate of drug-likeness (QED) is 0.930. The Morgan fingerprint density at radius 1 is 1.29 bits per heavy atom. The first-order valence-corrected chi connectivity index (χ1v) is 8.18. The van der Waals surface area contributed by atoms with Crippen molar-refractivity contribution in [1.29, 1.82) is 0 Å². The Labute approximate surface area is 123 Å². The molecule has 1 aromatic heterocycles. The molecule has 2 rings (SSSR count). The molecule has 0 aliphatic heterocycles. The first-order chi connectivity index (χ1) is 9.70. The fourth-order valence-electron chi connectivity index (χ4n) is 1.99. The number of anilines is 1. The maximum absolute atomic E-state index is 12.0. The minimum absolute atomic E-state index is 0.131. The molecule has 0 unspecified atom stereocenters. The molecule has 1 heterocycles. The molecule has 0 spiro atoms. The van der Waals surface area contributed by atoms with Gasteiger partial charge in [-0.15, -0.1) is 0 Å². The highest BCUT2D eigenvalue weighted by Gasteiger charge is 2.40. The molecule has 1 aromatic carbocycles. The third kappa shape index (κ3) is 2.49. The van der Waals surface area contributed by atoms with E-state index in [0.717, 1.165) is 6.26 Å². The van der Waals surface area contributed by atoms with Crippen LogP contribution >= 0.6 is 0 Å². The number of hydrogen-bond donors (Lipinski definition) is 1. The summed E-state index contributed by atoms with van der Waals surface area (Å²) in [6, 6.07) is 7.16. The van der Waals surface area contributed by atoms with Gasteiger partial charge in [0.25, 0.3) is 0 Å². The summed E-state index contributed by atoms with van der Waals surface area (Å²) in [7, 11) is -1.89. The van der Waals surface area contributed by atoms with Crippen LogP contribution in [0.15, 0.2) is 28.8 Å². The molecule has 2 aromatic rings. The van der Waals surface area contributed by atoms with E-state index in [1.165, 1.54) is 7.11 Å². The molecule has 0 aliphatic rings. The van der Waals surface area contributed by atoms with Crippen LogP contribution in [-0.4, -0.2) is 26.9 Å². The van der Waals surface area contributed by atoms with Gasteiger partial charge in [0.15, 0.2) is 21.4 Å². The van der Waals surface area contributed by atoms with Crippen LogP contribution in [0.5, 0.6) is 5.75 Å². The lowest BCUT2D eigenvalue weighted by Crippen LogP contribution is -2.28. The molecule has 6 nitrogen and oxygen atoms in total. The molecule has 0 saturated heterocycles. The monoisotopic (exact) mass is 310 g/mol. The van der Waals surface area contributed by atoms with Gasteiger partial charge in [0.1, 0.15) is 10.5 Å². The van der Waals surface area contributed by atoms with E-state index in [1.807, 2.05) is 12.1 Å². The lowest BCUT2D eigenvalue weighted by atomic mass is 9.98. The first kappa shape index (κ1) is 15.4. The molecule has 0 aliphatic carbocycles. The first-order valence-electron chi connectivity index (χ1n) is 6.28. The average molecular weight is 310 g/mol. The highest BCUT2D eigenvalue weighted by atomic mass is 32.2. The van der Waals surface area contributed by atoms with E-state index in [9.17, 15) is 8.42 Å². The van der Waals surface area contributed by atoms with E-state index in [2.05, 4.69) is 5.16 Å². The standard InChI is InChI=1S/C14H18N2O4S/c1-14(2,21(4,17)18)12-11(13(15)16-20-12)9-7-5-6-8-10(9)19-3/h5-8H,1-4H3,(H2,15,16). The number of benzene rings is 1. The van der Waals surface area contributed by atoms with E-state index >= 15 is 0 Å². The van der Waals surface area contributed by atoms with Crippen LogP contribution in [0, 0.1) is 0 Å². The summed E-state index contributed by atoms with van der Waals surface area (Å²) in [6.07, 6.45) is 1.15. The molecule has 0 atom stereocenters. The van der Waals surface area contributed by atoms with Crippen LogP contribution in [0.2, 0.25) is 0 Å². The summed E-state index contributed by atoms with van der Waals surface area (Å²) in [5.41, 5.74) is 6.97. The Bertz CT molecular complexity index is 763. The molecule has 0 bridgehead atoms. The predicted octanol–water partition coefficient (Wildman–Crippen LogP) is 2.21. The Kier molecular flexibility index (Phi) is 3.71. The number of para-hydroxylation sites is 1. The Hall–Kier alpha value is -2.02. The Morgan fingerprint density at radius 2 is 1.90 bits per heavy atom. The number of rotatable bonds is 4. The number of nitrogens with two attached hydrogens (primary N) is 1. The topological polar surface area (TPSA) is 95.4 Å². The number of hydrogen-bond acceptors (Lipinski definition) is 6. The van der Waals surface area contributed by atoms with Gasteiger partial charge in [-0.3, -0.25) is 0 Å². The van der Waals surface area contributed by atoms with Gasteiger partial charge in [0.05, 0.1) is 12.7 Å². The molecule has 7 heteroatoms. The van der Waals surface area contributed by atoms with Crippen molar-refractivity contribution >= 4 is 15.7 Å². The number of aromatic nitrogens is 1. The zero-order valence-corrected chi connectivity index (χ0v) is 13.2. The summed E-state index contributed by atoms with van der Waals surface area (Å²) < 4.78 is 33.4. The van der Waals surface area contributed by atoms with Gasteiger partial charge in [0.2, 0.25) is 0 Å². The molecule has 0 radical (unpaired) electrons. The largest absolute Gasteiger partial charge is 0.496 e. The van der Waals surface area contributed by atoms with Crippen LogP contribution in [0.3, 0.4) is 0 Å². The van der Waals surface area contributed by atoms with Gasteiger partial charge in [-0.05, 0) is 19.9 Å². The summed E-state index contributed by atoms with van der Waals surface area (Å²) in [4.78, 5) is 0. The zero-order valence-electron chi connectivity index (χ0n) is 12.4. The van der Waals surface area contributed by atoms with E-state index in [4.69, 9.17) is 15.0 Å². The van der Waals surface area contributed by atoms with Crippen LogP contribution in [0.25, 0.3) is 11.1 Å². The van der Waals surface area contributed by atoms with Crippen molar-refractivity contribution in [3.8, 4) is 16.9 Å². The third-order valence-electron chi connectivity index (χ3n) is 3.57. The number of methoxy groups -OCH3 is 1. The molecule has 0 amide bonds. The molecule has 0 saturated carbocycles. The summed E-state index contributed by atoms with van der Waals surface area (Å²) in [5.74, 6) is 0.899. The van der Waals surface area contributed by atoms with Crippen LogP contribution in [0.4, 0.5) is 5.82 Å². The van der Waals surface area contributed by atoms with Crippen molar-refractivity contribution in [1.82, 2.24) is 5.16 Å². The van der Waals surface area contributed by atoms with Gasteiger partial charge in [-0.1, -0.05) is 23.4 Å². The molecule has 21 heavy (non-hydrogen) atoms. The smallest absolute Gasteiger partial charge is 0.175 e. The third-order valence-corrected chi connectivity index (χ3v) is 5.61. The lowest BCUT2D eigenvalue weighted by Gasteiger charge is -2.21. The van der Waals surface area contributed by atoms with Crippen molar-refractivity contribution in [3.63, 3.8) is 0 Å². The molecular formula is C14H18N2O4S. The van der Waals surface area contributed by atoms with E-state index in [0.29, 0.717) is 16.9 Å². The van der Waals surface area contributed by atoms with Crippen molar-refractivity contribution < 1.29 is 17.7 Å². The highest BCUT2D eigenvalue weighted by Crippen LogP contribution is 2.42. The predicted molar refractivity (Wildman–Crippen MR) is 80.8 cm³/mol. The van der Waals surface area contributed by atoms with E-state index < -0.39 is 14.6 Å². The fraction of sp³-hybridized carbons (Fsp3) is 0.357. The maximum Gasteiger partial charge on any atom is 0.175 e. The minimum Gasteiger partial charge on any atom is -0.496 e. The molecule has 0 fully saturated rings. The van der Waals surface area contributed by atoms with Gasteiger partial charge in [0, 0.05) is 11.8 Å². The lowest BCUT2D eigenvalue weighted by molar-refractivity contribution is 0.357. The average Bonchev–Trinajstić information content (AvgIpc) is 2.79. The second-order valence-corrected chi connectivity index (χ2v) is 7.82. The molecule has 114 valence electrons. The van der Waals surface area contributed by atoms with Crippen molar-refractivity contribution in [3.05, 3.63) is 30.0 Å². The Morgan fingerprint density at radius 3 is 2.48 bits per heavy atom. The minimum atomic E-state index is -3.42. The summed E-state index contributed by atoms with van der Waals surface area (Å²) >= 11 is 0. The van der Waals surface area contributed by atoms with Gasteiger partial charge >= 0.3 is 0 Å². The van der Waals surface area contributed by atoms with Crippen molar-refractivity contribution in [2.45, 2.75) is 18.6 Å².